The number of alkyl halides is 2. The molecule has 112 valence electrons. The van der Waals surface area contributed by atoms with Crippen LogP contribution >= 0.6 is 23.2 Å². The first kappa shape index (κ1) is 14.6. The maximum Gasteiger partial charge on any atom is 0.255 e. The molecule has 0 unspecified atom stereocenters. The van der Waals surface area contributed by atoms with Crippen molar-refractivity contribution in [3.05, 3.63) is 22.5 Å². The number of fused-ring (bicyclic) bond motifs is 1. The van der Waals surface area contributed by atoms with Crippen LogP contribution in [-0.2, 0) is 0 Å². The van der Waals surface area contributed by atoms with Crippen molar-refractivity contribution in [2.24, 2.45) is 0 Å². The van der Waals surface area contributed by atoms with Gasteiger partial charge in [0.1, 0.15) is 11.3 Å². The van der Waals surface area contributed by atoms with Crippen molar-refractivity contribution in [2.75, 3.05) is 11.4 Å². The third-order valence-electron chi connectivity index (χ3n) is 3.19. The molecule has 4 nitrogen and oxygen atoms in total. The molecular weight excluding hydrogens is 328 g/mol. The summed E-state index contributed by atoms with van der Waals surface area (Å²) in [7, 11) is 0. The van der Waals surface area contributed by atoms with E-state index in [0.717, 1.165) is 12.8 Å². The van der Waals surface area contributed by atoms with Crippen molar-refractivity contribution in [1.82, 2.24) is 15.0 Å². The maximum atomic E-state index is 14.0. The maximum absolute atomic E-state index is 14.0. The number of nitrogens with zero attached hydrogens (tertiary/aromatic N) is 4. The first-order valence-corrected chi connectivity index (χ1v) is 6.95. The molecule has 0 bridgehead atoms. The lowest BCUT2D eigenvalue weighted by atomic mass is 10.2. The minimum atomic E-state index is -2.54. The Morgan fingerprint density at radius 1 is 1.29 bits per heavy atom. The van der Waals surface area contributed by atoms with Gasteiger partial charge in [-0.3, -0.25) is 0 Å². The van der Waals surface area contributed by atoms with Gasteiger partial charge in [-0.2, -0.15) is 4.98 Å². The van der Waals surface area contributed by atoms with E-state index in [1.807, 2.05) is 0 Å². The fourth-order valence-corrected chi connectivity index (χ4v) is 2.46. The Hall–Kier alpha value is -1.34. The Labute approximate surface area is 127 Å². The van der Waals surface area contributed by atoms with Gasteiger partial charge in [0, 0.05) is 12.2 Å². The number of anilines is 1. The van der Waals surface area contributed by atoms with Crippen molar-refractivity contribution in [3.8, 4) is 0 Å². The van der Waals surface area contributed by atoms with Gasteiger partial charge in [0.2, 0.25) is 5.28 Å². The fraction of sp³-hybridized carbons (Fsp3) is 0.417. The second-order valence-corrected chi connectivity index (χ2v) is 5.41. The second-order valence-electron chi connectivity index (χ2n) is 4.72. The summed E-state index contributed by atoms with van der Waals surface area (Å²) in [6.45, 7) is -0.503. The van der Waals surface area contributed by atoms with E-state index in [-0.39, 0.29) is 33.2 Å². The molecule has 0 saturated heterocycles. The highest BCUT2D eigenvalue weighted by Gasteiger charge is 2.33. The molecule has 0 N–H and O–H groups in total. The lowest BCUT2D eigenvalue weighted by molar-refractivity contribution is 0.154. The molecule has 2 heterocycles. The fourth-order valence-electron chi connectivity index (χ4n) is 2.16. The number of hydrogen-bond donors (Lipinski definition) is 0. The predicted molar refractivity (Wildman–Crippen MR) is 73.7 cm³/mol. The molecule has 1 fully saturated rings. The molecule has 1 aliphatic carbocycles. The van der Waals surface area contributed by atoms with Crippen LogP contribution in [0, 0.1) is 5.82 Å². The third-order valence-corrected chi connectivity index (χ3v) is 3.62. The smallest absolute Gasteiger partial charge is 0.255 e. The number of halogens is 5. The van der Waals surface area contributed by atoms with E-state index < -0.39 is 18.8 Å². The van der Waals surface area contributed by atoms with Gasteiger partial charge < -0.3 is 4.90 Å². The topological polar surface area (TPSA) is 41.9 Å². The zero-order valence-corrected chi connectivity index (χ0v) is 12.0. The molecule has 9 heteroatoms. The SMILES string of the molecule is Fc1c(Cl)ncc2c(N(CC(F)F)C3CC3)nc(Cl)nc12. The summed E-state index contributed by atoms with van der Waals surface area (Å²) in [5.41, 5.74) is -0.120. The van der Waals surface area contributed by atoms with Crippen LogP contribution in [0.1, 0.15) is 12.8 Å². The van der Waals surface area contributed by atoms with Crippen LogP contribution in [0.5, 0.6) is 0 Å². The van der Waals surface area contributed by atoms with Crippen LogP contribution in [-0.4, -0.2) is 34.0 Å². The minimum Gasteiger partial charge on any atom is -0.347 e. The highest BCUT2D eigenvalue weighted by Crippen LogP contribution is 2.36. The molecular formula is C12H9Cl2F3N4. The molecule has 2 aromatic rings. The Bertz CT molecular complexity index is 694. The molecule has 2 aromatic heterocycles. The molecule has 0 spiro atoms. The van der Waals surface area contributed by atoms with Crippen LogP contribution < -0.4 is 4.90 Å². The summed E-state index contributed by atoms with van der Waals surface area (Å²) in [6, 6.07) is -0.0492. The van der Waals surface area contributed by atoms with Gasteiger partial charge in [0.15, 0.2) is 11.0 Å². The van der Waals surface area contributed by atoms with Gasteiger partial charge in [0.25, 0.3) is 6.43 Å². The van der Waals surface area contributed by atoms with E-state index in [0.29, 0.717) is 0 Å². The van der Waals surface area contributed by atoms with Crippen LogP contribution in [0.25, 0.3) is 10.9 Å². The summed E-state index contributed by atoms with van der Waals surface area (Å²) >= 11 is 11.4. The lowest BCUT2D eigenvalue weighted by Crippen LogP contribution is -2.32. The van der Waals surface area contributed by atoms with Crippen molar-refractivity contribution in [2.45, 2.75) is 25.3 Å². The number of rotatable bonds is 4. The standard InChI is InChI=1S/C12H9Cl2F3N4/c13-10-8(17)9-6(3-18-10)11(20-12(14)19-9)21(4-7(15)16)5-1-2-5/h3,5,7H,1-2,4H2. The van der Waals surface area contributed by atoms with E-state index in [2.05, 4.69) is 15.0 Å². The van der Waals surface area contributed by atoms with Crippen molar-refractivity contribution in [1.29, 1.82) is 0 Å². The minimum absolute atomic E-state index is 0.0492. The largest absolute Gasteiger partial charge is 0.347 e. The molecule has 0 radical (unpaired) electrons. The zero-order valence-electron chi connectivity index (χ0n) is 10.5. The summed E-state index contributed by atoms with van der Waals surface area (Å²) in [5.74, 6) is -0.677. The Morgan fingerprint density at radius 2 is 2.00 bits per heavy atom. The average Bonchev–Trinajstić information content (AvgIpc) is 3.24. The number of aromatic nitrogens is 3. The van der Waals surface area contributed by atoms with E-state index in [9.17, 15) is 13.2 Å². The van der Waals surface area contributed by atoms with Gasteiger partial charge in [-0.25, -0.2) is 23.1 Å². The molecule has 0 atom stereocenters. The highest BCUT2D eigenvalue weighted by molar-refractivity contribution is 6.30. The van der Waals surface area contributed by atoms with Gasteiger partial charge >= 0.3 is 0 Å². The van der Waals surface area contributed by atoms with Crippen molar-refractivity contribution >= 4 is 39.9 Å². The summed E-state index contributed by atoms with van der Waals surface area (Å²) in [4.78, 5) is 12.9. The van der Waals surface area contributed by atoms with Gasteiger partial charge in [-0.15, -0.1) is 0 Å². The normalized spacial score (nSPS) is 15.0. The van der Waals surface area contributed by atoms with Crippen LogP contribution in [0.4, 0.5) is 19.0 Å². The van der Waals surface area contributed by atoms with Crippen molar-refractivity contribution in [3.63, 3.8) is 0 Å². The summed E-state index contributed by atoms with van der Waals surface area (Å²) < 4.78 is 39.5. The molecule has 0 amide bonds. The third kappa shape index (κ3) is 2.85. The highest BCUT2D eigenvalue weighted by atomic mass is 35.5. The first-order valence-electron chi connectivity index (χ1n) is 6.19. The van der Waals surface area contributed by atoms with Gasteiger partial charge in [0.05, 0.1) is 11.9 Å². The number of hydrogen-bond acceptors (Lipinski definition) is 4. The summed E-state index contributed by atoms with van der Waals surface area (Å²) in [5, 5.41) is -0.359. The van der Waals surface area contributed by atoms with E-state index in [1.165, 1.54) is 11.1 Å². The Kier molecular flexibility index (Phi) is 3.79. The molecule has 0 aromatic carbocycles. The Balaban J connectivity index is 2.18. The van der Waals surface area contributed by atoms with E-state index in [4.69, 9.17) is 23.2 Å². The van der Waals surface area contributed by atoms with Crippen molar-refractivity contribution < 1.29 is 13.2 Å². The average molecular weight is 337 g/mol. The van der Waals surface area contributed by atoms with Gasteiger partial charge in [-0.05, 0) is 24.4 Å². The quantitative estimate of drug-likeness (QED) is 0.630. The van der Waals surface area contributed by atoms with Gasteiger partial charge in [-0.1, -0.05) is 11.6 Å². The molecule has 1 aliphatic rings. The van der Waals surface area contributed by atoms with Crippen LogP contribution in [0.15, 0.2) is 6.20 Å². The van der Waals surface area contributed by atoms with E-state index >= 15 is 0 Å². The molecule has 21 heavy (non-hydrogen) atoms. The number of pyridine rings is 1. The van der Waals surface area contributed by atoms with Crippen LogP contribution in [0.2, 0.25) is 10.4 Å². The van der Waals surface area contributed by atoms with E-state index in [1.54, 1.807) is 0 Å². The molecule has 3 rings (SSSR count). The monoisotopic (exact) mass is 336 g/mol. The molecule has 0 aliphatic heterocycles. The van der Waals surface area contributed by atoms with Crippen LogP contribution in [0.3, 0.4) is 0 Å². The first-order chi connectivity index (χ1) is 9.97. The predicted octanol–water partition coefficient (Wildman–Crippen LogP) is 3.70. The Morgan fingerprint density at radius 3 is 2.62 bits per heavy atom. The lowest BCUT2D eigenvalue weighted by Gasteiger charge is -2.24. The summed E-state index contributed by atoms with van der Waals surface area (Å²) in [6.07, 6.45) is 0.283. The molecule has 1 saturated carbocycles. The zero-order chi connectivity index (χ0) is 15.1. The second kappa shape index (κ2) is 5.46.